The highest BCUT2D eigenvalue weighted by atomic mass is 32.1. The molecule has 2 rings (SSSR count). The van der Waals surface area contributed by atoms with Gasteiger partial charge in [-0.05, 0) is 36.4 Å². The van der Waals surface area contributed by atoms with Crippen LogP contribution in [0.15, 0.2) is 11.4 Å². The Morgan fingerprint density at radius 3 is 2.59 bits per heavy atom. The highest BCUT2D eigenvalue weighted by Crippen LogP contribution is 2.36. The predicted octanol–water partition coefficient (Wildman–Crippen LogP) is 4.37. The third-order valence-electron chi connectivity index (χ3n) is 3.18. The highest BCUT2D eigenvalue weighted by Gasteiger charge is 2.33. The molecule has 1 unspecified atom stereocenters. The summed E-state index contributed by atoms with van der Waals surface area (Å²) in [7, 11) is 0. The number of hydrogen-bond donors (Lipinski definition) is 1. The molecule has 2 heteroatoms. The summed E-state index contributed by atoms with van der Waals surface area (Å²) in [6, 6.07) is 2.31. The third kappa shape index (κ3) is 3.82. The molecule has 0 aromatic carbocycles. The van der Waals surface area contributed by atoms with Crippen LogP contribution in [0.4, 0.5) is 0 Å². The zero-order valence-electron chi connectivity index (χ0n) is 11.8. The van der Waals surface area contributed by atoms with Crippen molar-refractivity contribution in [3.05, 3.63) is 21.9 Å². The molecule has 0 bridgehead atoms. The molecule has 1 fully saturated rings. The Hall–Kier alpha value is -0.340. The quantitative estimate of drug-likeness (QED) is 0.843. The minimum absolute atomic E-state index is 0.415. The van der Waals surface area contributed by atoms with E-state index in [-0.39, 0.29) is 0 Å². The first-order valence-corrected chi connectivity index (χ1v) is 7.83. The number of thiophene rings is 1. The van der Waals surface area contributed by atoms with Crippen molar-refractivity contribution in [3.8, 4) is 0 Å². The molecule has 0 aliphatic carbocycles. The molecule has 17 heavy (non-hydrogen) atoms. The minimum atomic E-state index is 0.415. The lowest BCUT2D eigenvalue weighted by Crippen LogP contribution is -2.24. The maximum absolute atomic E-state index is 3.48. The molecule has 1 atom stereocenters. The van der Waals surface area contributed by atoms with Crippen LogP contribution in [0.3, 0.4) is 0 Å². The largest absolute Gasteiger partial charge is 0.316 e. The molecule has 1 aliphatic rings. The Labute approximate surface area is 111 Å². The van der Waals surface area contributed by atoms with Gasteiger partial charge in [0.1, 0.15) is 0 Å². The summed E-state index contributed by atoms with van der Waals surface area (Å²) in [6.07, 6.45) is 5.05. The molecule has 1 saturated heterocycles. The van der Waals surface area contributed by atoms with Crippen molar-refractivity contribution in [2.75, 3.05) is 13.1 Å². The summed E-state index contributed by atoms with van der Waals surface area (Å²) in [5.74, 6) is 0. The van der Waals surface area contributed by atoms with Gasteiger partial charge in [-0.3, -0.25) is 0 Å². The fourth-order valence-corrected chi connectivity index (χ4v) is 3.49. The molecule has 98 valence electrons. The van der Waals surface area contributed by atoms with Crippen molar-refractivity contribution in [1.82, 2.24) is 5.32 Å². The van der Waals surface area contributed by atoms with Crippen LogP contribution in [0.1, 0.15) is 57.4 Å². The van der Waals surface area contributed by atoms with Crippen molar-refractivity contribution >= 4 is 11.3 Å². The topological polar surface area (TPSA) is 12.0 Å². The van der Waals surface area contributed by atoms with Gasteiger partial charge in [-0.15, -0.1) is 11.3 Å². The zero-order chi connectivity index (χ0) is 12.7. The number of aryl methyl sites for hydroxylation is 1. The van der Waals surface area contributed by atoms with Crippen molar-refractivity contribution in [1.29, 1.82) is 0 Å². The Morgan fingerprint density at radius 1 is 1.35 bits per heavy atom. The first-order chi connectivity index (χ1) is 8.18. The molecule has 0 radical (unpaired) electrons. The van der Waals surface area contributed by atoms with Gasteiger partial charge in [0.15, 0.2) is 0 Å². The molecule has 1 nitrogen and oxygen atoms in total. The molecule has 0 spiro atoms. The molecule has 1 N–H and O–H groups in total. The van der Waals surface area contributed by atoms with E-state index in [0.29, 0.717) is 5.41 Å². The molecule has 1 aromatic rings. The lowest BCUT2D eigenvalue weighted by molar-refractivity contribution is 0.531. The van der Waals surface area contributed by atoms with Crippen molar-refractivity contribution < 1.29 is 0 Å². The summed E-state index contributed by atoms with van der Waals surface area (Å²) in [6.45, 7) is 11.2. The van der Waals surface area contributed by atoms with Gasteiger partial charge in [-0.1, -0.05) is 40.5 Å². The van der Waals surface area contributed by atoms with E-state index in [1.807, 2.05) is 11.3 Å². The summed E-state index contributed by atoms with van der Waals surface area (Å²) in [4.78, 5) is 1.63. The van der Waals surface area contributed by atoms with Crippen LogP contribution in [0.2, 0.25) is 0 Å². The second-order valence-corrected chi connectivity index (χ2v) is 6.14. The second-order valence-electron chi connectivity index (χ2n) is 5.22. The van der Waals surface area contributed by atoms with Crippen LogP contribution in [-0.2, 0) is 11.8 Å². The van der Waals surface area contributed by atoms with Crippen LogP contribution in [-0.4, -0.2) is 13.1 Å². The molecular weight excluding hydrogens is 226 g/mol. The van der Waals surface area contributed by atoms with Crippen LogP contribution >= 0.6 is 11.3 Å². The van der Waals surface area contributed by atoms with Gasteiger partial charge in [0.25, 0.3) is 0 Å². The van der Waals surface area contributed by atoms with Crippen LogP contribution in [0.5, 0.6) is 0 Å². The Balaban J connectivity index is 0.000000437. The highest BCUT2D eigenvalue weighted by molar-refractivity contribution is 7.10. The van der Waals surface area contributed by atoms with Gasteiger partial charge in [0.2, 0.25) is 0 Å². The average Bonchev–Trinajstić information content (AvgIpc) is 2.90. The van der Waals surface area contributed by atoms with E-state index in [2.05, 4.69) is 44.5 Å². The average molecular weight is 253 g/mol. The molecule has 1 aliphatic heterocycles. The van der Waals surface area contributed by atoms with Gasteiger partial charge in [-0.2, -0.15) is 0 Å². The number of hydrogen-bond acceptors (Lipinski definition) is 2. The van der Waals surface area contributed by atoms with Gasteiger partial charge in [0.05, 0.1) is 0 Å². The van der Waals surface area contributed by atoms with Gasteiger partial charge in [-0.25, -0.2) is 0 Å². The molecule has 2 heterocycles. The first kappa shape index (κ1) is 14.7. The SMILES string of the molecule is CCC.CCCc1ccsc1C1(C)CCNC1. The fourth-order valence-electron chi connectivity index (χ4n) is 2.34. The third-order valence-corrected chi connectivity index (χ3v) is 4.45. The molecule has 0 saturated carbocycles. The summed E-state index contributed by atoms with van der Waals surface area (Å²) in [5, 5.41) is 5.73. The van der Waals surface area contributed by atoms with Gasteiger partial charge in [0, 0.05) is 16.8 Å². The minimum Gasteiger partial charge on any atom is -0.316 e. The standard InChI is InChI=1S/C12H19NS.C3H8/c1-3-4-10-5-8-14-11(10)12(2)6-7-13-9-12;1-3-2/h5,8,13H,3-4,6-7,9H2,1-2H3;3H2,1-2H3. The van der Waals surface area contributed by atoms with Gasteiger partial charge >= 0.3 is 0 Å². The Kier molecular flexibility index (Phi) is 6.21. The number of nitrogens with one attached hydrogen (secondary N) is 1. The second kappa shape index (κ2) is 7.17. The van der Waals surface area contributed by atoms with Crippen molar-refractivity contribution in [2.24, 2.45) is 0 Å². The van der Waals surface area contributed by atoms with Crippen molar-refractivity contribution in [3.63, 3.8) is 0 Å². The summed E-state index contributed by atoms with van der Waals surface area (Å²) < 4.78 is 0. The van der Waals surface area contributed by atoms with E-state index in [0.717, 1.165) is 6.54 Å². The first-order valence-electron chi connectivity index (χ1n) is 6.95. The lowest BCUT2D eigenvalue weighted by atomic mass is 9.85. The van der Waals surface area contributed by atoms with E-state index in [1.54, 1.807) is 10.4 Å². The maximum Gasteiger partial charge on any atom is 0.0158 e. The van der Waals surface area contributed by atoms with Gasteiger partial charge < -0.3 is 5.32 Å². The Morgan fingerprint density at radius 2 is 2.06 bits per heavy atom. The maximum atomic E-state index is 3.48. The Bertz CT molecular complexity index is 310. The zero-order valence-corrected chi connectivity index (χ0v) is 12.6. The smallest absolute Gasteiger partial charge is 0.0158 e. The van der Waals surface area contributed by atoms with Crippen LogP contribution in [0.25, 0.3) is 0 Å². The van der Waals surface area contributed by atoms with E-state index >= 15 is 0 Å². The monoisotopic (exact) mass is 253 g/mol. The molecule has 0 amide bonds. The normalized spacial score (nSPS) is 23.3. The van der Waals surface area contributed by atoms with E-state index in [9.17, 15) is 0 Å². The summed E-state index contributed by atoms with van der Waals surface area (Å²) in [5.41, 5.74) is 2.00. The van der Waals surface area contributed by atoms with E-state index in [4.69, 9.17) is 0 Å². The van der Waals surface area contributed by atoms with Crippen LogP contribution in [0, 0.1) is 0 Å². The van der Waals surface area contributed by atoms with E-state index < -0.39 is 0 Å². The van der Waals surface area contributed by atoms with Crippen LogP contribution < -0.4 is 5.32 Å². The van der Waals surface area contributed by atoms with Crippen molar-refractivity contribution in [2.45, 2.75) is 58.8 Å². The lowest BCUT2D eigenvalue weighted by Gasteiger charge is -2.23. The fraction of sp³-hybridized carbons (Fsp3) is 0.733. The molecule has 1 aromatic heterocycles. The summed E-state index contributed by atoms with van der Waals surface area (Å²) >= 11 is 1.95. The molecular formula is C15H27NS. The van der Waals surface area contributed by atoms with E-state index in [1.165, 1.54) is 32.2 Å². The predicted molar refractivity (Wildman–Crippen MR) is 79.1 cm³/mol. The number of rotatable bonds is 3.